The van der Waals surface area contributed by atoms with Gasteiger partial charge in [0.1, 0.15) is 22.7 Å². The summed E-state index contributed by atoms with van der Waals surface area (Å²) in [7, 11) is 0. The van der Waals surface area contributed by atoms with E-state index in [1.54, 1.807) is 6.07 Å². The summed E-state index contributed by atoms with van der Waals surface area (Å²) in [6, 6.07) is 4.41. The smallest absolute Gasteiger partial charge is 0.339 e. The Morgan fingerprint density at radius 1 is 1.47 bits per heavy atom. The van der Waals surface area contributed by atoms with Gasteiger partial charge in [-0.2, -0.15) is 0 Å². The van der Waals surface area contributed by atoms with E-state index in [4.69, 9.17) is 9.52 Å². The highest BCUT2D eigenvalue weighted by Gasteiger charge is 2.19. The second kappa shape index (κ2) is 3.73. The number of aromatic hydroxyl groups is 1. The van der Waals surface area contributed by atoms with Crippen LogP contribution in [0.4, 0.5) is 0 Å². The third-order valence-electron chi connectivity index (χ3n) is 2.08. The first-order valence-electron chi connectivity index (χ1n) is 4.17. The zero-order valence-electron chi connectivity index (χ0n) is 7.53. The van der Waals surface area contributed by atoms with Gasteiger partial charge in [0.2, 0.25) is 0 Å². The lowest BCUT2D eigenvalue weighted by Crippen LogP contribution is -1.97. The third kappa shape index (κ3) is 1.67. The Kier molecular flexibility index (Phi) is 2.56. The highest BCUT2D eigenvalue weighted by Crippen LogP contribution is 2.30. The van der Waals surface area contributed by atoms with Crippen LogP contribution in [0.25, 0.3) is 11.0 Å². The van der Waals surface area contributed by atoms with Crippen LogP contribution in [-0.2, 0) is 4.43 Å². The molecular formula is C10H7IO4. The number of carbonyl (C=O) groups is 1. The summed E-state index contributed by atoms with van der Waals surface area (Å²) in [5.41, 5.74) is 0.582. The number of fused-ring (bicyclic) bond motifs is 1. The van der Waals surface area contributed by atoms with Crippen molar-refractivity contribution in [1.29, 1.82) is 0 Å². The molecule has 0 radical (unpaired) electrons. The zero-order chi connectivity index (χ0) is 11.0. The van der Waals surface area contributed by atoms with Gasteiger partial charge in [-0.15, -0.1) is 0 Å². The number of phenolic OH excluding ortho intramolecular Hbond substituents is 1. The van der Waals surface area contributed by atoms with Gasteiger partial charge in [0.15, 0.2) is 0 Å². The Bertz CT molecular complexity index is 529. The third-order valence-corrected chi connectivity index (χ3v) is 2.77. The Balaban J connectivity index is 2.80. The Hall–Kier alpha value is -1.24. The predicted octanol–water partition coefficient (Wildman–Crippen LogP) is 2.77. The molecule has 1 aromatic heterocycles. The summed E-state index contributed by atoms with van der Waals surface area (Å²) in [5, 5.41) is 18.8. The molecule has 2 rings (SSSR count). The van der Waals surface area contributed by atoms with Crippen molar-refractivity contribution in [2.75, 3.05) is 0 Å². The first-order valence-corrected chi connectivity index (χ1v) is 5.69. The van der Waals surface area contributed by atoms with Crippen LogP contribution in [-0.4, -0.2) is 16.2 Å². The van der Waals surface area contributed by atoms with Crippen molar-refractivity contribution < 1.29 is 19.4 Å². The number of carboxylic acid groups (broad SMARTS) is 1. The van der Waals surface area contributed by atoms with E-state index in [0.717, 1.165) is 0 Å². The van der Waals surface area contributed by atoms with E-state index in [1.165, 1.54) is 12.1 Å². The van der Waals surface area contributed by atoms with E-state index >= 15 is 0 Å². The molecule has 0 atom stereocenters. The fourth-order valence-electron chi connectivity index (χ4n) is 1.46. The molecule has 0 aliphatic carbocycles. The maximum atomic E-state index is 11.0. The molecule has 2 N–H and O–H groups in total. The van der Waals surface area contributed by atoms with E-state index in [1.807, 2.05) is 22.6 Å². The molecular weight excluding hydrogens is 311 g/mol. The first-order chi connectivity index (χ1) is 7.13. The average molecular weight is 318 g/mol. The van der Waals surface area contributed by atoms with Crippen LogP contribution in [0.1, 0.15) is 16.1 Å². The molecule has 0 amide bonds. The SMILES string of the molecule is O=C(O)c1c(CI)oc2cc(O)ccc12. The Labute approximate surface area is 98.6 Å². The van der Waals surface area contributed by atoms with Crippen molar-refractivity contribution in [2.24, 2.45) is 0 Å². The largest absolute Gasteiger partial charge is 0.508 e. The number of rotatable bonds is 2. The molecule has 1 heterocycles. The topological polar surface area (TPSA) is 70.7 Å². The molecule has 0 aliphatic rings. The van der Waals surface area contributed by atoms with Crippen LogP contribution in [0.5, 0.6) is 5.75 Å². The molecule has 0 aliphatic heterocycles. The maximum Gasteiger partial charge on any atom is 0.339 e. The Morgan fingerprint density at radius 2 is 2.20 bits per heavy atom. The maximum absolute atomic E-state index is 11.0. The van der Waals surface area contributed by atoms with Crippen LogP contribution in [0.2, 0.25) is 0 Å². The van der Waals surface area contributed by atoms with E-state index in [2.05, 4.69) is 0 Å². The summed E-state index contributed by atoms with van der Waals surface area (Å²) in [6.45, 7) is 0. The quantitative estimate of drug-likeness (QED) is 0.660. The lowest BCUT2D eigenvalue weighted by molar-refractivity contribution is 0.0697. The van der Waals surface area contributed by atoms with Crippen LogP contribution >= 0.6 is 22.6 Å². The van der Waals surface area contributed by atoms with Crippen LogP contribution < -0.4 is 0 Å². The van der Waals surface area contributed by atoms with Crippen molar-refractivity contribution in [3.05, 3.63) is 29.5 Å². The van der Waals surface area contributed by atoms with Gasteiger partial charge in [0, 0.05) is 11.5 Å². The molecule has 2 aromatic rings. The summed E-state index contributed by atoms with van der Waals surface area (Å²) in [5.74, 6) is -0.525. The fourth-order valence-corrected chi connectivity index (χ4v) is 2.00. The number of phenols is 1. The molecule has 0 spiro atoms. The standard InChI is InChI=1S/C10H7IO4/c11-4-8-9(10(13)14)6-2-1-5(12)3-7(6)15-8/h1-3,12H,4H2,(H,13,14). The highest BCUT2D eigenvalue weighted by atomic mass is 127. The lowest BCUT2D eigenvalue weighted by atomic mass is 10.1. The van der Waals surface area contributed by atoms with Gasteiger partial charge in [0.25, 0.3) is 0 Å². The van der Waals surface area contributed by atoms with Crippen molar-refractivity contribution >= 4 is 39.5 Å². The molecule has 78 valence electrons. The van der Waals surface area contributed by atoms with E-state index in [-0.39, 0.29) is 11.3 Å². The van der Waals surface area contributed by atoms with Crippen LogP contribution in [0.3, 0.4) is 0 Å². The molecule has 0 fully saturated rings. The fraction of sp³-hybridized carbons (Fsp3) is 0.100. The molecule has 0 bridgehead atoms. The van der Waals surface area contributed by atoms with Gasteiger partial charge in [-0.3, -0.25) is 0 Å². The molecule has 5 heteroatoms. The van der Waals surface area contributed by atoms with Crippen molar-refractivity contribution in [2.45, 2.75) is 4.43 Å². The van der Waals surface area contributed by atoms with E-state index in [0.29, 0.717) is 21.2 Å². The normalized spacial score (nSPS) is 10.7. The van der Waals surface area contributed by atoms with E-state index < -0.39 is 5.97 Å². The second-order valence-electron chi connectivity index (χ2n) is 3.02. The van der Waals surface area contributed by atoms with Crippen molar-refractivity contribution in [3.8, 4) is 5.75 Å². The van der Waals surface area contributed by atoms with Crippen molar-refractivity contribution in [3.63, 3.8) is 0 Å². The predicted molar refractivity (Wildman–Crippen MR) is 62.6 cm³/mol. The minimum Gasteiger partial charge on any atom is -0.508 e. The van der Waals surface area contributed by atoms with Crippen LogP contribution in [0.15, 0.2) is 22.6 Å². The van der Waals surface area contributed by atoms with Crippen molar-refractivity contribution in [1.82, 2.24) is 0 Å². The number of carboxylic acids is 1. The van der Waals surface area contributed by atoms with Gasteiger partial charge in [-0.1, -0.05) is 22.6 Å². The Morgan fingerprint density at radius 3 is 2.80 bits per heavy atom. The van der Waals surface area contributed by atoms with Crippen LogP contribution in [0, 0.1) is 0 Å². The van der Waals surface area contributed by atoms with Gasteiger partial charge in [0.05, 0.1) is 4.43 Å². The zero-order valence-corrected chi connectivity index (χ0v) is 9.69. The molecule has 1 aromatic carbocycles. The monoisotopic (exact) mass is 318 g/mol. The number of hydrogen-bond donors (Lipinski definition) is 2. The summed E-state index contributed by atoms with van der Waals surface area (Å²) < 4.78 is 5.82. The second-order valence-corrected chi connectivity index (χ2v) is 3.78. The number of furan rings is 1. The minimum absolute atomic E-state index is 0.0631. The van der Waals surface area contributed by atoms with Gasteiger partial charge >= 0.3 is 5.97 Å². The summed E-state index contributed by atoms with van der Waals surface area (Å²) >= 11 is 2.04. The molecule has 15 heavy (non-hydrogen) atoms. The highest BCUT2D eigenvalue weighted by molar-refractivity contribution is 14.1. The first kappa shape index (κ1) is 10.3. The van der Waals surface area contributed by atoms with Gasteiger partial charge in [-0.05, 0) is 12.1 Å². The number of hydrogen-bond acceptors (Lipinski definition) is 3. The summed E-state index contributed by atoms with van der Waals surface area (Å²) in [6.07, 6.45) is 0. The number of aromatic carboxylic acids is 1. The van der Waals surface area contributed by atoms with Gasteiger partial charge in [-0.25, -0.2) is 4.79 Å². The molecule has 0 saturated carbocycles. The number of alkyl halides is 1. The minimum atomic E-state index is -1.01. The molecule has 4 nitrogen and oxygen atoms in total. The number of halogens is 1. The van der Waals surface area contributed by atoms with E-state index in [9.17, 15) is 9.90 Å². The summed E-state index contributed by atoms with van der Waals surface area (Å²) in [4.78, 5) is 11.0. The van der Waals surface area contributed by atoms with Gasteiger partial charge < -0.3 is 14.6 Å². The lowest BCUT2D eigenvalue weighted by Gasteiger charge is -1.92. The number of benzene rings is 1. The molecule has 0 saturated heterocycles. The average Bonchev–Trinajstić information content (AvgIpc) is 2.54. The molecule has 0 unspecified atom stereocenters.